The third-order valence-corrected chi connectivity index (χ3v) is 4.20. The molecule has 0 heterocycles. The van der Waals surface area contributed by atoms with E-state index in [0.29, 0.717) is 11.7 Å². The molecule has 2 rings (SSSR count). The average molecular weight is 263 g/mol. The molecule has 3 heteroatoms. The number of hydrogen-bond acceptors (Lipinski definition) is 3. The predicted molar refractivity (Wildman–Crippen MR) is 77.4 cm³/mol. The van der Waals surface area contributed by atoms with Crippen molar-refractivity contribution in [3.05, 3.63) is 29.8 Å². The summed E-state index contributed by atoms with van der Waals surface area (Å²) in [4.78, 5) is 15.3. The number of hydrogen-bond donors (Lipinski definition) is 0. The second-order valence-electron chi connectivity index (χ2n) is 5.17. The van der Waals surface area contributed by atoms with E-state index in [2.05, 4.69) is 31.1 Å². The first-order chi connectivity index (χ1) is 8.66. The Morgan fingerprint density at radius 3 is 2.50 bits per heavy atom. The van der Waals surface area contributed by atoms with Crippen molar-refractivity contribution in [2.24, 2.45) is 5.92 Å². The highest BCUT2D eigenvalue weighted by molar-refractivity contribution is 7.99. The van der Waals surface area contributed by atoms with Gasteiger partial charge in [0.25, 0.3) is 0 Å². The van der Waals surface area contributed by atoms with E-state index < -0.39 is 0 Å². The first kappa shape index (κ1) is 13.6. The Balaban J connectivity index is 1.78. The highest BCUT2D eigenvalue weighted by Gasteiger charge is 2.30. The maximum Gasteiger partial charge on any atom is 0.165 e. The Morgan fingerprint density at radius 1 is 1.28 bits per heavy atom. The predicted octanol–water partition coefficient (Wildman–Crippen LogP) is 3.32. The number of Topliss-reactive ketones (excluding diaryl/α,β-unsaturated/α-hetero) is 1. The number of carbonyl (C=O) groups excluding carboxylic acids is 1. The average Bonchev–Trinajstić information content (AvgIpc) is 3.18. The molecule has 0 bridgehead atoms. The number of ketones is 1. The molecule has 1 fully saturated rings. The van der Waals surface area contributed by atoms with Crippen LogP contribution in [0.25, 0.3) is 0 Å². The van der Waals surface area contributed by atoms with Gasteiger partial charge in [-0.05, 0) is 57.8 Å². The Morgan fingerprint density at radius 2 is 1.94 bits per heavy atom. The summed E-state index contributed by atoms with van der Waals surface area (Å²) in [6, 6.07) is 8.12. The van der Waals surface area contributed by atoms with Crippen molar-refractivity contribution in [1.82, 2.24) is 4.90 Å². The fourth-order valence-corrected chi connectivity index (χ4v) is 2.71. The van der Waals surface area contributed by atoms with Crippen LogP contribution in [0.15, 0.2) is 29.2 Å². The molecule has 0 unspecified atom stereocenters. The van der Waals surface area contributed by atoms with Gasteiger partial charge in [-0.25, -0.2) is 0 Å². The number of carbonyl (C=O) groups is 1. The van der Waals surface area contributed by atoms with Crippen molar-refractivity contribution >= 4 is 17.5 Å². The van der Waals surface area contributed by atoms with E-state index in [1.807, 2.05) is 23.9 Å². The van der Waals surface area contributed by atoms with Crippen molar-refractivity contribution in [3.8, 4) is 0 Å². The zero-order valence-corrected chi connectivity index (χ0v) is 12.0. The zero-order valence-electron chi connectivity index (χ0n) is 11.2. The molecule has 0 saturated heterocycles. The highest BCUT2D eigenvalue weighted by atomic mass is 32.2. The molecule has 1 aliphatic rings. The molecule has 0 aliphatic heterocycles. The van der Waals surface area contributed by atoms with Crippen molar-refractivity contribution in [2.75, 3.05) is 26.4 Å². The highest BCUT2D eigenvalue weighted by Crippen LogP contribution is 2.33. The SMILES string of the molecule is CN(C)CCCSc1ccc(C(=O)C2CC2)cc1. The lowest BCUT2D eigenvalue weighted by Gasteiger charge is -2.08. The van der Waals surface area contributed by atoms with Crippen LogP contribution in [0.1, 0.15) is 29.6 Å². The van der Waals surface area contributed by atoms with Gasteiger partial charge >= 0.3 is 0 Å². The van der Waals surface area contributed by atoms with Crippen LogP contribution in [0.2, 0.25) is 0 Å². The van der Waals surface area contributed by atoms with Crippen LogP contribution in [-0.2, 0) is 0 Å². The Hall–Kier alpha value is -0.800. The number of rotatable bonds is 7. The summed E-state index contributed by atoms with van der Waals surface area (Å²) >= 11 is 1.87. The van der Waals surface area contributed by atoms with Crippen molar-refractivity contribution in [3.63, 3.8) is 0 Å². The molecule has 1 aromatic rings. The molecule has 1 saturated carbocycles. The summed E-state index contributed by atoms with van der Waals surface area (Å²) in [5.41, 5.74) is 0.884. The third-order valence-electron chi connectivity index (χ3n) is 3.11. The van der Waals surface area contributed by atoms with Gasteiger partial charge in [0, 0.05) is 16.4 Å². The minimum Gasteiger partial charge on any atom is -0.309 e. The lowest BCUT2D eigenvalue weighted by Crippen LogP contribution is -2.13. The van der Waals surface area contributed by atoms with Gasteiger partial charge in [0.15, 0.2) is 5.78 Å². The Bertz CT molecular complexity index is 395. The van der Waals surface area contributed by atoms with Crippen molar-refractivity contribution in [2.45, 2.75) is 24.2 Å². The van der Waals surface area contributed by atoms with Crippen LogP contribution >= 0.6 is 11.8 Å². The minimum atomic E-state index is 0.323. The smallest absolute Gasteiger partial charge is 0.165 e. The summed E-state index contributed by atoms with van der Waals surface area (Å²) in [5, 5.41) is 0. The lowest BCUT2D eigenvalue weighted by atomic mass is 10.1. The van der Waals surface area contributed by atoms with Gasteiger partial charge in [0.1, 0.15) is 0 Å². The minimum absolute atomic E-state index is 0.323. The second-order valence-corrected chi connectivity index (χ2v) is 6.34. The first-order valence-corrected chi connectivity index (χ1v) is 7.57. The molecule has 18 heavy (non-hydrogen) atoms. The maximum absolute atomic E-state index is 11.8. The van der Waals surface area contributed by atoms with Gasteiger partial charge in [-0.3, -0.25) is 4.79 Å². The number of thioether (sulfide) groups is 1. The lowest BCUT2D eigenvalue weighted by molar-refractivity contribution is 0.0967. The maximum atomic E-state index is 11.8. The molecule has 98 valence electrons. The van der Waals surface area contributed by atoms with Gasteiger partial charge in [0.2, 0.25) is 0 Å². The fourth-order valence-electron chi connectivity index (χ4n) is 1.87. The molecule has 2 nitrogen and oxygen atoms in total. The van der Waals surface area contributed by atoms with Gasteiger partial charge in [-0.15, -0.1) is 11.8 Å². The molecule has 1 aromatic carbocycles. The largest absolute Gasteiger partial charge is 0.309 e. The Kier molecular flexibility index (Phi) is 4.84. The van der Waals surface area contributed by atoms with E-state index in [-0.39, 0.29) is 0 Å². The van der Waals surface area contributed by atoms with Gasteiger partial charge in [-0.1, -0.05) is 12.1 Å². The van der Waals surface area contributed by atoms with E-state index in [1.165, 1.54) is 11.3 Å². The standard InChI is InChI=1S/C15H21NOS/c1-16(2)10-3-11-18-14-8-6-13(7-9-14)15(17)12-4-5-12/h6-9,12H,3-5,10-11H2,1-2H3. The fraction of sp³-hybridized carbons (Fsp3) is 0.533. The van der Waals surface area contributed by atoms with E-state index in [4.69, 9.17) is 0 Å². The van der Waals surface area contributed by atoms with Crippen molar-refractivity contribution < 1.29 is 4.79 Å². The molecule has 0 aromatic heterocycles. The van der Waals surface area contributed by atoms with Crippen LogP contribution < -0.4 is 0 Å². The van der Waals surface area contributed by atoms with Crippen LogP contribution in [0.5, 0.6) is 0 Å². The monoisotopic (exact) mass is 263 g/mol. The summed E-state index contributed by atoms with van der Waals surface area (Å²) in [6.07, 6.45) is 3.36. The van der Waals surface area contributed by atoms with Crippen molar-refractivity contribution in [1.29, 1.82) is 0 Å². The van der Waals surface area contributed by atoms with E-state index in [9.17, 15) is 4.79 Å². The Labute approximate surface area is 114 Å². The first-order valence-electron chi connectivity index (χ1n) is 6.58. The van der Waals surface area contributed by atoms with Crippen LogP contribution in [0.4, 0.5) is 0 Å². The van der Waals surface area contributed by atoms with Crippen LogP contribution in [-0.4, -0.2) is 37.1 Å². The third kappa shape index (κ3) is 4.14. The normalized spacial score (nSPS) is 15.1. The molecular weight excluding hydrogens is 242 g/mol. The van der Waals surface area contributed by atoms with Gasteiger partial charge < -0.3 is 4.90 Å². The second kappa shape index (κ2) is 6.39. The molecule has 0 amide bonds. The molecular formula is C15H21NOS. The van der Waals surface area contributed by atoms with E-state index in [1.54, 1.807) is 0 Å². The van der Waals surface area contributed by atoms with Crippen LogP contribution in [0, 0.1) is 5.92 Å². The molecule has 0 N–H and O–H groups in total. The summed E-state index contributed by atoms with van der Waals surface area (Å²) in [6.45, 7) is 1.13. The molecule has 1 aliphatic carbocycles. The quantitative estimate of drug-likeness (QED) is 0.427. The topological polar surface area (TPSA) is 20.3 Å². The van der Waals surface area contributed by atoms with Gasteiger partial charge in [0.05, 0.1) is 0 Å². The van der Waals surface area contributed by atoms with Gasteiger partial charge in [-0.2, -0.15) is 0 Å². The summed E-state index contributed by atoms with van der Waals surface area (Å²) < 4.78 is 0. The van der Waals surface area contributed by atoms with E-state index >= 15 is 0 Å². The number of nitrogens with zero attached hydrogens (tertiary/aromatic N) is 1. The number of benzene rings is 1. The summed E-state index contributed by atoms with van der Waals surface area (Å²) in [7, 11) is 4.20. The van der Waals surface area contributed by atoms with E-state index in [0.717, 1.165) is 30.7 Å². The zero-order chi connectivity index (χ0) is 13.0. The summed E-state index contributed by atoms with van der Waals surface area (Å²) in [5.74, 6) is 1.79. The molecule has 0 radical (unpaired) electrons. The molecule has 0 atom stereocenters. The molecule has 0 spiro atoms. The van der Waals surface area contributed by atoms with Crippen LogP contribution in [0.3, 0.4) is 0 Å².